The summed E-state index contributed by atoms with van der Waals surface area (Å²) in [5.41, 5.74) is -0.115. The highest BCUT2D eigenvalue weighted by Crippen LogP contribution is 2.36. The molecule has 0 aliphatic carbocycles. The molecule has 1 saturated heterocycles. The van der Waals surface area contributed by atoms with Crippen LogP contribution in [-0.4, -0.2) is 17.5 Å². The average molecular weight is 477 g/mol. The Balaban J connectivity index is 1.75. The summed E-state index contributed by atoms with van der Waals surface area (Å²) in [4.78, 5) is 13.9. The third-order valence-electron chi connectivity index (χ3n) is 5.30. The molecule has 0 bridgehead atoms. The van der Waals surface area contributed by atoms with Crippen LogP contribution in [0.2, 0.25) is 0 Å². The van der Waals surface area contributed by atoms with Crippen LogP contribution in [0.15, 0.2) is 84.6 Å². The normalized spacial score (nSPS) is 14.4. The van der Waals surface area contributed by atoms with E-state index < -0.39 is 29.6 Å². The van der Waals surface area contributed by atoms with E-state index in [-0.39, 0.29) is 35.5 Å². The molecule has 1 heterocycles. The first-order valence-corrected chi connectivity index (χ1v) is 10.1. The number of carbonyl (C=O) groups is 1. The van der Waals surface area contributed by atoms with Crippen LogP contribution in [-0.2, 0) is 23.6 Å². The largest absolute Gasteiger partial charge is 0.416 e. The van der Waals surface area contributed by atoms with Crippen LogP contribution in [0.5, 0.6) is 0 Å². The number of cyclic esters (lactones) is 1. The Kier molecular flexibility index (Phi) is 6.12. The van der Waals surface area contributed by atoms with E-state index in [1.165, 1.54) is 29.2 Å². The molecule has 1 amide bonds. The van der Waals surface area contributed by atoms with Crippen molar-refractivity contribution in [2.45, 2.75) is 18.9 Å². The summed E-state index contributed by atoms with van der Waals surface area (Å²) in [5, 5.41) is 0. The van der Waals surface area contributed by atoms with Gasteiger partial charge in [0, 0.05) is 12.1 Å². The van der Waals surface area contributed by atoms with Gasteiger partial charge in [0.1, 0.15) is 5.76 Å². The van der Waals surface area contributed by atoms with Crippen LogP contribution in [0, 0.1) is 0 Å². The Morgan fingerprint density at radius 1 is 0.735 bits per heavy atom. The van der Waals surface area contributed by atoms with Crippen LogP contribution in [0.25, 0.3) is 5.57 Å². The molecule has 3 nitrogen and oxygen atoms in total. The van der Waals surface area contributed by atoms with Crippen molar-refractivity contribution in [1.82, 2.24) is 4.90 Å². The third kappa shape index (κ3) is 5.08. The van der Waals surface area contributed by atoms with Crippen molar-refractivity contribution in [2.75, 3.05) is 6.54 Å². The van der Waals surface area contributed by atoms with Gasteiger partial charge in [-0.1, -0.05) is 54.6 Å². The van der Waals surface area contributed by atoms with Gasteiger partial charge >= 0.3 is 18.4 Å². The predicted octanol–water partition coefficient (Wildman–Crippen LogP) is 7.14. The lowest BCUT2D eigenvalue weighted by Gasteiger charge is -2.14. The zero-order valence-electron chi connectivity index (χ0n) is 17.5. The number of amides is 1. The van der Waals surface area contributed by atoms with E-state index in [0.717, 1.165) is 29.8 Å². The van der Waals surface area contributed by atoms with Crippen molar-refractivity contribution < 1.29 is 35.9 Å². The average Bonchev–Trinajstić information content (AvgIpc) is 3.13. The molecular weight excluding hydrogens is 460 g/mol. The molecule has 0 atom stereocenters. The molecule has 176 valence electrons. The van der Waals surface area contributed by atoms with Crippen molar-refractivity contribution >= 4 is 11.7 Å². The first kappa shape index (κ1) is 23.4. The number of alkyl halides is 6. The zero-order chi connectivity index (χ0) is 24.5. The number of halogens is 6. The number of ether oxygens (including phenoxy) is 1. The van der Waals surface area contributed by atoms with Gasteiger partial charge in [0.05, 0.1) is 17.7 Å². The molecule has 3 aromatic carbocycles. The van der Waals surface area contributed by atoms with Crippen LogP contribution in [0.4, 0.5) is 31.1 Å². The van der Waals surface area contributed by atoms with Gasteiger partial charge < -0.3 is 4.74 Å². The Bertz CT molecular complexity index is 1140. The molecule has 4 rings (SSSR count). The second kappa shape index (κ2) is 8.89. The van der Waals surface area contributed by atoms with E-state index >= 15 is 0 Å². The lowest BCUT2D eigenvalue weighted by atomic mass is 9.94. The van der Waals surface area contributed by atoms with Gasteiger partial charge in [0.2, 0.25) is 0 Å². The quantitative estimate of drug-likeness (QED) is 0.374. The van der Waals surface area contributed by atoms with E-state index in [1.54, 1.807) is 0 Å². The van der Waals surface area contributed by atoms with Gasteiger partial charge in [-0.05, 0) is 41.0 Å². The number of hydrogen-bond acceptors (Lipinski definition) is 2. The Morgan fingerprint density at radius 2 is 1.21 bits per heavy atom. The Morgan fingerprint density at radius 3 is 1.65 bits per heavy atom. The van der Waals surface area contributed by atoms with E-state index in [1.807, 2.05) is 30.3 Å². The summed E-state index contributed by atoms with van der Waals surface area (Å²) in [5.74, 6) is 0.139. The molecule has 0 saturated carbocycles. The molecule has 1 aliphatic heterocycles. The van der Waals surface area contributed by atoms with Gasteiger partial charge in [-0.15, -0.1) is 0 Å². The predicted molar refractivity (Wildman–Crippen MR) is 112 cm³/mol. The van der Waals surface area contributed by atoms with Crippen LogP contribution in [0.1, 0.15) is 27.8 Å². The highest BCUT2D eigenvalue weighted by Gasteiger charge is 2.33. The molecular formula is C25H17F6NO2. The number of rotatable bonds is 4. The maximum Gasteiger partial charge on any atom is 0.416 e. The van der Waals surface area contributed by atoms with Gasteiger partial charge in [-0.25, -0.2) is 4.79 Å². The van der Waals surface area contributed by atoms with E-state index in [4.69, 9.17) is 4.74 Å². The number of hydrogen-bond donors (Lipinski definition) is 0. The zero-order valence-corrected chi connectivity index (χ0v) is 17.5. The second-order valence-electron chi connectivity index (χ2n) is 7.66. The lowest BCUT2D eigenvalue weighted by molar-refractivity contribution is -0.138. The molecule has 3 aromatic rings. The van der Waals surface area contributed by atoms with Crippen molar-refractivity contribution in [1.29, 1.82) is 0 Å². The monoisotopic (exact) mass is 477 g/mol. The standard InChI is InChI=1S/C25H17F6NO2/c26-24(27,28)19-10-6-17(7-11-19)22(18-8-12-20(13-9-18)25(29,30)31)21-15-32(23(33)34-21)14-16-4-2-1-3-5-16/h1-13H,14-15H2. The fraction of sp³-hybridized carbons (Fsp3) is 0.160. The molecule has 0 radical (unpaired) electrons. The van der Waals surface area contributed by atoms with Gasteiger partial charge in [-0.2, -0.15) is 26.3 Å². The first-order valence-electron chi connectivity index (χ1n) is 10.1. The van der Waals surface area contributed by atoms with E-state index in [9.17, 15) is 31.1 Å². The fourth-order valence-electron chi connectivity index (χ4n) is 3.63. The number of carbonyl (C=O) groups excluding carboxylic acids is 1. The number of benzene rings is 3. The topological polar surface area (TPSA) is 29.5 Å². The van der Waals surface area contributed by atoms with E-state index in [0.29, 0.717) is 0 Å². The minimum atomic E-state index is -4.55. The van der Waals surface area contributed by atoms with Gasteiger partial charge in [0.15, 0.2) is 0 Å². The molecule has 1 aliphatic rings. The maximum absolute atomic E-state index is 13.0. The third-order valence-corrected chi connectivity index (χ3v) is 5.30. The Labute approximate surface area is 190 Å². The van der Waals surface area contributed by atoms with Crippen LogP contribution in [0.3, 0.4) is 0 Å². The molecule has 0 unspecified atom stereocenters. The summed E-state index contributed by atoms with van der Waals surface area (Å²) in [6, 6.07) is 17.4. The first-order chi connectivity index (χ1) is 16.0. The number of nitrogens with zero attached hydrogens (tertiary/aromatic N) is 1. The summed E-state index contributed by atoms with van der Waals surface area (Å²) in [6.07, 6.45) is -9.76. The second-order valence-corrected chi connectivity index (χ2v) is 7.66. The van der Waals surface area contributed by atoms with Crippen LogP contribution >= 0.6 is 0 Å². The van der Waals surface area contributed by atoms with Crippen LogP contribution < -0.4 is 0 Å². The van der Waals surface area contributed by atoms with Crippen molar-refractivity contribution in [3.63, 3.8) is 0 Å². The minimum absolute atomic E-state index is 0.00506. The van der Waals surface area contributed by atoms with Crippen molar-refractivity contribution in [3.05, 3.63) is 112 Å². The lowest BCUT2D eigenvalue weighted by Crippen LogP contribution is -2.23. The molecule has 9 heteroatoms. The van der Waals surface area contributed by atoms with Crippen molar-refractivity contribution in [2.24, 2.45) is 0 Å². The highest BCUT2D eigenvalue weighted by atomic mass is 19.4. The maximum atomic E-state index is 13.0. The van der Waals surface area contributed by atoms with E-state index in [2.05, 4.69) is 0 Å². The molecule has 1 fully saturated rings. The SMILES string of the molecule is O=C1OC(=C(c2ccc(C(F)(F)F)cc2)c2ccc(C(F)(F)F)cc2)CN1Cc1ccccc1. The smallest absolute Gasteiger partial charge is 0.412 e. The summed E-state index contributed by atoms with van der Waals surface area (Å²) >= 11 is 0. The Hall–Kier alpha value is -3.75. The molecule has 0 aromatic heterocycles. The highest BCUT2D eigenvalue weighted by molar-refractivity contribution is 5.85. The fourth-order valence-corrected chi connectivity index (χ4v) is 3.63. The van der Waals surface area contributed by atoms with Gasteiger partial charge in [0.25, 0.3) is 0 Å². The molecule has 0 spiro atoms. The van der Waals surface area contributed by atoms with Crippen molar-refractivity contribution in [3.8, 4) is 0 Å². The summed E-state index contributed by atoms with van der Waals surface area (Å²) in [6.45, 7) is 0.238. The summed E-state index contributed by atoms with van der Waals surface area (Å²) < 4.78 is 83.5. The summed E-state index contributed by atoms with van der Waals surface area (Å²) in [7, 11) is 0. The minimum Gasteiger partial charge on any atom is -0.412 e. The molecule has 0 N–H and O–H groups in total. The molecule has 34 heavy (non-hydrogen) atoms. The van der Waals surface area contributed by atoms with Gasteiger partial charge in [-0.3, -0.25) is 4.90 Å².